The summed E-state index contributed by atoms with van der Waals surface area (Å²) in [4.78, 5) is 17.9. The normalized spacial score (nSPS) is 10.8. The maximum Gasteiger partial charge on any atom is 0.196 e. The van der Waals surface area contributed by atoms with Gasteiger partial charge in [-0.2, -0.15) is 0 Å². The van der Waals surface area contributed by atoms with Crippen molar-refractivity contribution in [1.82, 2.24) is 9.38 Å². The van der Waals surface area contributed by atoms with E-state index in [1.807, 2.05) is 5.38 Å². The van der Waals surface area contributed by atoms with Gasteiger partial charge in [0.25, 0.3) is 0 Å². The monoisotopic (exact) mass is 275 g/mol. The van der Waals surface area contributed by atoms with Crippen LogP contribution in [0.2, 0.25) is 0 Å². The highest BCUT2D eigenvalue weighted by Crippen LogP contribution is 2.29. The lowest BCUT2D eigenvalue weighted by atomic mass is 10.2. The van der Waals surface area contributed by atoms with Gasteiger partial charge in [0.1, 0.15) is 11.5 Å². The number of fused-ring (bicyclic) bond motifs is 1. The first-order valence-corrected chi connectivity index (χ1v) is 6.49. The maximum atomic E-state index is 13.8. The summed E-state index contributed by atoms with van der Waals surface area (Å²) in [5.74, 6) is 0.102. The van der Waals surface area contributed by atoms with Gasteiger partial charge in [0.15, 0.2) is 17.1 Å². The highest BCUT2D eigenvalue weighted by Gasteiger charge is 2.18. The Morgan fingerprint density at radius 3 is 2.95 bits per heavy atom. The minimum atomic E-state index is -0.349. The molecular weight excluding hydrogens is 265 g/mol. The molecule has 1 aromatic carbocycles. The Bertz CT molecular complexity index is 749. The summed E-state index contributed by atoms with van der Waals surface area (Å²) in [6.07, 6.45) is 2.51. The molecule has 6 heteroatoms. The number of thiazole rings is 1. The molecule has 96 valence electrons. The van der Waals surface area contributed by atoms with Gasteiger partial charge < -0.3 is 4.90 Å². The Morgan fingerprint density at radius 2 is 2.21 bits per heavy atom. The van der Waals surface area contributed by atoms with Gasteiger partial charge >= 0.3 is 0 Å². The van der Waals surface area contributed by atoms with Crippen LogP contribution in [-0.2, 0) is 0 Å². The Hall–Kier alpha value is -2.21. The van der Waals surface area contributed by atoms with E-state index >= 15 is 0 Å². The van der Waals surface area contributed by atoms with Gasteiger partial charge in [-0.1, -0.05) is 12.1 Å². The van der Waals surface area contributed by atoms with E-state index in [2.05, 4.69) is 4.98 Å². The molecule has 3 rings (SSSR count). The molecular formula is C13H10FN3OS. The molecule has 0 aliphatic rings. The number of anilines is 2. The van der Waals surface area contributed by atoms with Crippen LogP contribution < -0.4 is 4.90 Å². The smallest absolute Gasteiger partial charge is 0.196 e. The molecule has 0 N–H and O–H groups in total. The predicted molar refractivity (Wildman–Crippen MR) is 72.9 cm³/mol. The SMILES string of the molecule is CN(c1ccccc1F)c1nc2sccn2c1C=O. The molecule has 0 radical (unpaired) electrons. The van der Waals surface area contributed by atoms with Crippen molar-refractivity contribution >= 4 is 34.1 Å². The molecule has 0 atom stereocenters. The van der Waals surface area contributed by atoms with Crippen LogP contribution in [0.5, 0.6) is 0 Å². The molecule has 0 saturated heterocycles. The van der Waals surface area contributed by atoms with Crippen molar-refractivity contribution in [3.63, 3.8) is 0 Å². The third-order valence-electron chi connectivity index (χ3n) is 2.92. The number of hydrogen-bond acceptors (Lipinski definition) is 4. The first kappa shape index (κ1) is 11.9. The first-order valence-electron chi connectivity index (χ1n) is 5.61. The number of carbonyl (C=O) groups is 1. The van der Waals surface area contributed by atoms with Crippen LogP contribution in [0.4, 0.5) is 15.9 Å². The molecule has 0 bridgehead atoms. The summed E-state index contributed by atoms with van der Waals surface area (Å²) in [6, 6.07) is 6.40. The Balaban J connectivity index is 2.16. The standard InChI is InChI=1S/C13H10FN3OS/c1-16(10-5-3-2-4-9(10)14)12-11(8-18)17-6-7-19-13(17)15-12/h2-8H,1H3. The third kappa shape index (κ3) is 1.80. The summed E-state index contributed by atoms with van der Waals surface area (Å²) >= 11 is 1.43. The summed E-state index contributed by atoms with van der Waals surface area (Å²) in [6.45, 7) is 0. The van der Waals surface area contributed by atoms with Crippen molar-refractivity contribution in [2.45, 2.75) is 0 Å². The van der Waals surface area contributed by atoms with E-state index in [1.165, 1.54) is 17.4 Å². The van der Waals surface area contributed by atoms with Crippen molar-refractivity contribution in [3.8, 4) is 0 Å². The third-order valence-corrected chi connectivity index (χ3v) is 3.68. The van der Waals surface area contributed by atoms with Crippen molar-refractivity contribution in [3.05, 3.63) is 47.4 Å². The Morgan fingerprint density at radius 1 is 1.42 bits per heavy atom. The number of carbonyl (C=O) groups excluding carboxylic acids is 1. The second-order valence-corrected chi connectivity index (χ2v) is 4.88. The van der Waals surface area contributed by atoms with Crippen LogP contribution in [0.1, 0.15) is 10.5 Å². The molecule has 0 amide bonds. The predicted octanol–water partition coefficient (Wildman–Crippen LogP) is 3.12. The van der Waals surface area contributed by atoms with Gasteiger partial charge in [-0.25, -0.2) is 9.37 Å². The fourth-order valence-corrected chi connectivity index (χ4v) is 2.70. The number of para-hydroxylation sites is 1. The highest BCUT2D eigenvalue weighted by molar-refractivity contribution is 7.15. The Kier molecular flexibility index (Phi) is 2.79. The molecule has 0 fully saturated rings. The zero-order valence-corrected chi connectivity index (χ0v) is 10.9. The number of nitrogens with zero attached hydrogens (tertiary/aromatic N) is 3. The summed E-state index contributed by atoms with van der Waals surface area (Å²) in [7, 11) is 1.69. The first-order chi connectivity index (χ1) is 9.22. The van der Waals surface area contributed by atoms with Crippen molar-refractivity contribution in [2.75, 3.05) is 11.9 Å². The second kappa shape index (κ2) is 4.47. The number of aromatic nitrogens is 2. The summed E-state index contributed by atoms with van der Waals surface area (Å²) in [5, 5.41) is 1.85. The van der Waals surface area contributed by atoms with E-state index in [-0.39, 0.29) is 5.82 Å². The van der Waals surface area contributed by atoms with Gasteiger partial charge in [0.2, 0.25) is 0 Å². The van der Waals surface area contributed by atoms with Gasteiger partial charge in [-0.15, -0.1) is 11.3 Å². The minimum Gasteiger partial charge on any atom is -0.325 e. The number of aldehydes is 1. The number of benzene rings is 1. The molecule has 2 heterocycles. The lowest BCUT2D eigenvalue weighted by Crippen LogP contribution is -2.13. The topological polar surface area (TPSA) is 37.6 Å². The van der Waals surface area contributed by atoms with E-state index in [0.717, 1.165) is 6.29 Å². The number of halogens is 1. The molecule has 0 unspecified atom stereocenters. The van der Waals surface area contributed by atoms with E-state index < -0.39 is 0 Å². The number of hydrogen-bond donors (Lipinski definition) is 0. The maximum absolute atomic E-state index is 13.8. The highest BCUT2D eigenvalue weighted by atomic mass is 32.1. The van der Waals surface area contributed by atoms with Crippen LogP contribution in [0, 0.1) is 5.82 Å². The van der Waals surface area contributed by atoms with Gasteiger partial charge in [0, 0.05) is 18.6 Å². The van der Waals surface area contributed by atoms with Crippen LogP contribution >= 0.6 is 11.3 Å². The van der Waals surface area contributed by atoms with Gasteiger partial charge in [-0.3, -0.25) is 9.20 Å². The average Bonchev–Trinajstić information content (AvgIpc) is 2.98. The summed E-state index contributed by atoms with van der Waals surface area (Å²) in [5.41, 5.74) is 0.804. The van der Waals surface area contributed by atoms with Crippen LogP contribution in [-0.4, -0.2) is 22.7 Å². The van der Waals surface area contributed by atoms with E-state index in [1.54, 1.807) is 40.7 Å². The lowest BCUT2D eigenvalue weighted by Gasteiger charge is -2.17. The molecule has 4 nitrogen and oxygen atoms in total. The zero-order valence-electron chi connectivity index (χ0n) is 10.1. The zero-order chi connectivity index (χ0) is 13.4. The molecule has 0 spiro atoms. The van der Waals surface area contributed by atoms with Crippen molar-refractivity contribution in [1.29, 1.82) is 0 Å². The van der Waals surface area contributed by atoms with Crippen molar-refractivity contribution in [2.24, 2.45) is 0 Å². The second-order valence-electron chi connectivity index (χ2n) is 4.00. The van der Waals surface area contributed by atoms with Gasteiger partial charge in [-0.05, 0) is 12.1 Å². The van der Waals surface area contributed by atoms with E-state index in [4.69, 9.17) is 0 Å². The Labute approximate surface area is 112 Å². The summed E-state index contributed by atoms with van der Waals surface area (Å²) < 4.78 is 15.5. The molecule has 2 aromatic heterocycles. The fourth-order valence-electron chi connectivity index (χ4n) is 1.99. The molecule has 3 aromatic rings. The van der Waals surface area contributed by atoms with E-state index in [9.17, 15) is 9.18 Å². The van der Waals surface area contributed by atoms with E-state index in [0.29, 0.717) is 22.2 Å². The quantitative estimate of drug-likeness (QED) is 0.689. The van der Waals surface area contributed by atoms with Crippen LogP contribution in [0.25, 0.3) is 4.96 Å². The molecule has 0 aliphatic carbocycles. The average molecular weight is 275 g/mol. The fraction of sp³-hybridized carbons (Fsp3) is 0.0769. The molecule has 0 saturated carbocycles. The van der Waals surface area contributed by atoms with Gasteiger partial charge in [0.05, 0.1) is 5.69 Å². The van der Waals surface area contributed by atoms with Crippen molar-refractivity contribution < 1.29 is 9.18 Å². The number of imidazole rings is 1. The van der Waals surface area contributed by atoms with Crippen LogP contribution in [0.3, 0.4) is 0 Å². The lowest BCUT2D eigenvalue weighted by molar-refractivity contribution is 0.111. The minimum absolute atomic E-state index is 0.349. The van der Waals surface area contributed by atoms with Crippen LogP contribution in [0.15, 0.2) is 35.8 Å². The molecule has 19 heavy (non-hydrogen) atoms. The largest absolute Gasteiger partial charge is 0.325 e. The number of rotatable bonds is 3. The molecule has 0 aliphatic heterocycles.